The Morgan fingerprint density at radius 3 is 2.88 bits per heavy atom. The molecule has 1 unspecified atom stereocenters. The molecule has 0 aliphatic carbocycles. The normalized spacial score (nSPS) is 12.9. The Hall–Kier alpha value is -1.20. The fourth-order valence-corrected chi connectivity index (χ4v) is 2.44. The van der Waals surface area contributed by atoms with E-state index in [1.807, 2.05) is 29.5 Å². The first-order chi connectivity index (χ1) is 7.74. The van der Waals surface area contributed by atoms with Gasteiger partial charge in [-0.3, -0.25) is 4.68 Å². The van der Waals surface area contributed by atoms with E-state index in [9.17, 15) is 0 Å². The van der Waals surface area contributed by atoms with Crippen molar-refractivity contribution in [2.24, 2.45) is 7.05 Å². The van der Waals surface area contributed by atoms with Gasteiger partial charge in [0.1, 0.15) is 5.01 Å². The van der Waals surface area contributed by atoms with Crippen molar-refractivity contribution in [2.75, 3.05) is 6.54 Å². The maximum Gasteiger partial charge on any atom is 0.114 e. The summed E-state index contributed by atoms with van der Waals surface area (Å²) in [5.41, 5.74) is 2.39. The van der Waals surface area contributed by atoms with Gasteiger partial charge in [-0.05, 0) is 13.5 Å². The maximum absolute atomic E-state index is 4.38. The van der Waals surface area contributed by atoms with Crippen molar-refractivity contribution in [3.63, 3.8) is 0 Å². The van der Waals surface area contributed by atoms with Gasteiger partial charge in [0, 0.05) is 29.9 Å². The number of aromatic nitrogens is 3. The molecular weight excluding hydrogens is 220 g/mol. The van der Waals surface area contributed by atoms with E-state index in [0.29, 0.717) is 0 Å². The molecule has 0 aliphatic rings. The molecule has 0 saturated carbocycles. The molecule has 86 valence electrons. The SMILES string of the molecule is CCNC(c1nccs1)c1cnn(C)c1C. The molecule has 2 aromatic heterocycles. The summed E-state index contributed by atoms with van der Waals surface area (Å²) in [6.45, 7) is 5.10. The second-order valence-corrected chi connectivity index (χ2v) is 4.60. The Kier molecular flexibility index (Phi) is 3.36. The summed E-state index contributed by atoms with van der Waals surface area (Å²) in [6, 6.07) is 0.165. The van der Waals surface area contributed by atoms with Crippen LogP contribution in [0.4, 0.5) is 0 Å². The molecule has 0 fully saturated rings. The van der Waals surface area contributed by atoms with Crippen LogP contribution < -0.4 is 5.32 Å². The standard InChI is InChI=1S/C11H16N4S/c1-4-12-10(11-13-5-6-16-11)9-7-14-15(3)8(9)2/h5-7,10,12H,4H2,1-3H3. The number of nitrogens with zero attached hydrogens (tertiary/aromatic N) is 3. The second-order valence-electron chi connectivity index (χ2n) is 3.67. The molecule has 0 aliphatic heterocycles. The highest BCUT2D eigenvalue weighted by molar-refractivity contribution is 7.09. The lowest BCUT2D eigenvalue weighted by Crippen LogP contribution is -2.22. The highest BCUT2D eigenvalue weighted by Gasteiger charge is 2.19. The van der Waals surface area contributed by atoms with Gasteiger partial charge in [-0.15, -0.1) is 11.3 Å². The fraction of sp³-hybridized carbons (Fsp3) is 0.455. The van der Waals surface area contributed by atoms with Crippen molar-refractivity contribution < 1.29 is 0 Å². The number of nitrogens with one attached hydrogen (secondary N) is 1. The van der Waals surface area contributed by atoms with Crippen molar-refractivity contribution in [1.29, 1.82) is 0 Å². The van der Waals surface area contributed by atoms with Gasteiger partial charge in [0.15, 0.2) is 0 Å². The number of rotatable bonds is 4. The van der Waals surface area contributed by atoms with Crippen LogP contribution in [0.15, 0.2) is 17.8 Å². The Labute approximate surface area is 99.3 Å². The van der Waals surface area contributed by atoms with Gasteiger partial charge in [0.25, 0.3) is 0 Å². The first-order valence-electron chi connectivity index (χ1n) is 5.35. The summed E-state index contributed by atoms with van der Waals surface area (Å²) in [7, 11) is 1.96. The average Bonchev–Trinajstić information content (AvgIpc) is 2.89. The van der Waals surface area contributed by atoms with Gasteiger partial charge in [-0.1, -0.05) is 6.92 Å². The highest BCUT2D eigenvalue weighted by atomic mass is 32.1. The third kappa shape index (κ3) is 2.01. The molecule has 1 N–H and O–H groups in total. The number of hydrogen-bond acceptors (Lipinski definition) is 4. The summed E-state index contributed by atoms with van der Waals surface area (Å²) in [6.07, 6.45) is 3.76. The molecule has 0 amide bonds. The van der Waals surface area contributed by atoms with E-state index in [4.69, 9.17) is 0 Å². The van der Waals surface area contributed by atoms with Crippen molar-refractivity contribution in [1.82, 2.24) is 20.1 Å². The molecule has 4 nitrogen and oxygen atoms in total. The van der Waals surface area contributed by atoms with E-state index in [1.54, 1.807) is 11.3 Å². The Morgan fingerprint density at radius 1 is 1.56 bits per heavy atom. The Bertz CT molecular complexity index is 447. The molecular formula is C11H16N4S. The molecule has 2 aromatic rings. The van der Waals surface area contributed by atoms with E-state index in [0.717, 1.165) is 11.6 Å². The molecule has 0 saturated heterocycles. The van der Waals surface area contributed by atoms with Crippen LogP contribution in [-0.2, 0) is 7.05 Å². The van der Waals surface area contributed by atoms with Crippen LogP contribution in [0.25, 0.3) is 0 Å². The van der Waals surface area contributed by atoms with E-state index in [1.165, 1.54) is 11.3 Å². The van der Waals surface area contributed by atoms with Crippen LogP contribution in [-0.4, -0.2) is 21.3 Å². The van der Waals surface area contributed by atoms with Crippen LogP contribution >= 0.6 is 11.3 Å². The smallest absolute Gasteiger partial charge is 0.114 e. The van der Waals surface area contributed by atoms with Gasteiger partial charge in [-0.25, -0.2) is 4.98 Å². The van der Waals surface area contributed by atoms with Crippen molar-refractivity contribution in [3.8, 4) is 0 Å². The van der Waals surface area contributed by atoms with Gasteiger partial charge in [0.2, 0.25) is 0 Å². The summed E-state index contributed by atoms with van der Waals surface area (Å²) in [4.78, 5) is 4.38. The largest absolute Gasteiger partial charge is 0.304 e. The van der Waals surface area contributed by atoms with E-state index >= 15 is 0 Å². The molecule has 1 atom stereocenters. The van der Waals surface area contributed by atoms with Crippen molar-refractivity contribution >= 4 is 11.3 Å². The molecule has 0 radical (unpaired) electrons. The molecule has 16 heavy (non-hydrogen) atoms. The predicted octanol–water partition coefficient (Wildman–Crippen LogP) is 1.88. The summed E-state index contributed by atoms with van der Waals surface area (Å²) < 4.78 is 1.90. The third-order valence-electron chi connectivity index (χ3n) is 2.69. The predicted molar refractivity (Wildman–Crippen MR) is 65.6 cm³/mol. The molecule has 2 heterocycles. The molecule has 0 spiro atoms. The van der Waals surface area contributed by atoms with Crippen LogP contribution in [0.5, 0.6) is 0 Å². The van der Waals surface area contributed by atoms with Crippen LogP contribution in [0.2, 0.25) is 0 Å². The summed E-state index contributed by atoms with van der Waals surface area (Å²) in [5.74, 6) is 0. The van der Waals surface area contributed by atoms with Gasteiger partial charge in [-0.2, -0.15) is 5.10 Å². The zero-order valence-corrected chi connectivity index (χ0v) is 10.6. The van der Waals surface area contributed by atoms with Gasteiger partial charge in [0.05, 0.1) is 12.2 Å². The minimum atomic E-state index is 0.165. The van der Waals surface area contributed by atoms with Crippen molar-refractivity contribution in [3.05, 3.63) is 34.0 Å². The summed E-state index contributed by atoms with van der Waals surface area (Å²) >= 11 is 1.67. The molecule has 2 rings (SSSR count). The van der Waals surface area contributed by atoms with E-state index in [2.05, 4.69) is 29.2 Å². The lowest BCUT2D eigenvalue weighted by atomic mass is 10.1. The zero-order chi connectivity index (χ0) is 11.5. The zero-order valence-electron chi connectivity index (χ0n) is 9.77. The third-order valence-corrected chi connectivity index (χ3v) is 3.53. The second kappa shape index (κ2) is 4.76. The monoisotopic (exact) mass is 236 g/mol. The lowest BCUT2D eigenvalue weighted by molar-refractivity contribution is 0.621. The Morgan fingerprint density at radius 2 is 2.38 bits per heavy atom. The minimum absolute atomic E-state index is 0.165. The van der Waals surface area contributed by atoms with Crippen molar-refractivity contribution in [2.45, 2.75) is 19.9 Å². The Balaban J connectivity index is 2.37. The first kappa shape index (κ1) is 11.3. The first-order valence-corrected chi connectivity index (χ1v) is 6.23. The van der Waals surface area contributed by atoms with Crippen LogP contribution in [0.1, 0.15) is 29.2 Å². The van der Waals surface area contributed by atoms with Crippen LogP contribution in [0, 0.1) is 6.92 Å². The van der Waals surface area contributed by atoms with E-state index in [-0.39, 0.29) is 6.04 Å². The van der Waals surface area contributed by atoms with Crippen LogP contribution in [0.3, 0.4) is 0 Å². The fourth-order valence-electron chi connectivity index (χ4n) is 1.71. The van der Waals surface area contributed by atoms with Gasteiger partial charge >= 0.3 is 0 Å². The molecule has 0 aromatic carbocycles. The summed E-state index contributed by atoms with van der Waals surface area (Å²) in [5, 5.41) is 10.8. The maximum atomic E-state index is 4.38. The van der Waals surface area contributed by atoms with E-state index < -0.39 is 0 Å². The molecule has 5 heteroatoms. The molecule has 0 bridgehead atoms. The number of thiazole rings is 1. The van der Waals surface area contributed by atoms with Gasteiger partial charge < -0.3 is 5.32 Å². The number of aryl methyl sites for hydroxylation is 1. The topological polar surface area (TPSA) is 42.7 Å². The quantitative estimate of drug-likeness (QED) is 0.881. The highest BCUT2D eigenvalue weighted by Crippen LogP contribution is 2.25. The number of hydrogen-bond donors (Lipinski definition) is 1. The minimum Gasteiger partial charge on any atom is -0.304 e. The average molecular weight is 236 g/mol. The lowest BCUT2D eigenvalue weighted by Gasteiger charge is -2.14.